The number of benzene rings is 1. The molecule has 0 heterocycles. The molecule has 0 N–H and O–H groups in total. The summed E-state index contributed by atoms with van der Waals surface area (Å²) in [6.45, 7) is 2.59. The van der Waals surface area contributed by atoms with Crippen molar-refractivity contribution in [3.8, 4) is 12.3 Å². The van der Waals surface area contributed by atoms with Crippen molar-refractivity contribution in [2.75, 3.05) is 18.8 Å². The molecule has 0 amide bonds. The number of hydrogen-bond donors (Lipinski definition) is 0. The number of rotatable bonds is 7. The Labute approximate surface area is 110 Å². The van der Waals surface area contributed by atoms with Crippen LogP contribution in [0.4, 0.5) is 0 Å². The van der Waals surface area contributed by atoms with Gasteiger partial charge in [-0.3, -0.25) is 0 Å². The van der Waals surface area contributed by atoms with Crippen LogP contribution < -0.4 is 0 Å². The van der Waals surface area contributed by atoms with Crippen LogP contribution in [0.1, 0.15) is 18.9 Å². The molecule has 1 aromatic rings. The number of sulfonamides is 1. The zero-order valence-corrected chi connectivity index (χ0v) is 11.5. The van der Waals surface area contributed by atoms with Crippen LogP contribution in [-0.4, -0.2) is 31.6 Å². The second kappa shape index (κ2) is 7.20. The van der Waals surface area contributed by atoms with Crippen LogP contribution in [-0.2, 0) is 16.4 Å². The molecule has 0 fully saturated rings. The van der Waals surface area contributed by atoms with E-state index in [0.717, 1.165) is 12.0 Å². The van der Waals surface area contributed by atoms with E-state index in [0.29, 0.717) is 13.0 Å². The van der Waals surface area contributed by atoms with Gasteiger partial charge in [-0.05, 0) is 18.4 Å². The van der Waals surface area contributed by atoms with Gasteiger partial charge < -0.3 is 0 Å². The average molecular weight is 265 g/mol. The molecular formula is C14H19NO2S. The van der Waals surface area contributed by atoms with E-state index in [4.69, 9.17) is 6.42 Å². The molecule has 1 aromatic carbocycles. The molecular weight excluding hydrogens is 246 g/mol. The van der Waals surface area contributed by atoms with E-state index in [2.05, 4.69) is 5.92 Å². The molecule has 0 bridgehead atoms. The first-order chi connectivity index (χ1) is 8.60. The molecule has 0 radical (unpaired) electrons. The van der Waals surface area contributed by atoms with Gasteiger partial charge in [-0.1, -0.05) is 43.2 Å². The van der Waals surface area contributed by atoms with E-state index in [9.17, 15) is 8.42 Å². The lowest BCUT2D eigenvalue weighted by molar-refractivity contribution is 0.445. The van der Waals surface area contributed by atoms with Gasteiger partial charge in [0.05, 0.1) is 12.3 Å². The van der Waals surface area contributed by atoms with Crippen LogP contribution in [0.3, 0.4) is 0 Å². The van der Waals surface area contributed by atoms with Gasteiger partial charge >= 0.3 is 0 Å². The van der Waals surface area contributed by atoms with E-state index in [1.165, 1.54) is 4.31 Å². The highest BCUT2D eigenvalue weighted by Gasteiger charge is 2.19. The summed E-state index contributed by atoms with van der Waals surface area (Å²) in [6.07, 6.45) is 6.50. The van der Waals surface area contributed by atoms with Crippen molar-refractivity contribution in [1.29, 1.82) is 0 Å². The highest BCUT2D eigenvalue weighted by atomic mass is 32.2. The molecule has 0 atom stereocenters. The molecule has 0 saturated carbocycles. The van der Waals surface area contributed by atoms with Crippen LogP contribution in [0.2, 0.25) is 0 Å². The van der Waals surface area contributed by atoms with Gasteiger partial charge in [-0.2, -0.15) is 4.31 Å². The third-order valence-corrected chi connectivity index (χ3v) is 4.44. The van der Waals surface area contributed by atoms with Crippen molar-refractivity contribution in [3.63, 3.8) is 0 Å². The van der Waals surface area contributed by atoms with Gasteiger partial charge in [-0.25, -0.2) is 8.42 Å². The quantitative estimate of drug-likeness (QED) is 0.706. The van der Waals surface area contributed by atoms with Crippen molar-refractivity contribution < 1.29 is 8.42 Å². The van der Waals surface area contributed by atoms with E-state index < -0.39 is 10.0 Å². The lowest BCUT2D eigenvalue weighted by Crippen LogP contribution is -2.34. The first-order valence-corrected chi connectivity index (χ1v) is 7.66. The maximum absolute atomic E-state index is 12.1. The summed E-state index contributed by atoms with van der Waals surface area (Å²) >= 11 is 0. The van der Waals surface area contributed by atoms with Crippen LogP contribution in [0, 0.1) is 12.3 Å². The van der Waals surface area contributed by atoms with Gasteiger partial charge in [0.1, 0.15) is 0 Å². The van der Waals surface area contributed by atoms with Crippen molar-refractivity contribution in [3.05, 3.63) is 35.9 Å². The van der Waals surface area contributed by atoms with Crippen molar-refractivity contribution >= 4 is 10.0 Å². The van der Waals surface area contributed by atoms with Crippen molar-refractivity contribution in [2.45, 2.75) is 19.8 Å². The smallest absolute Gasteiger partial charge is 0.212 e. The van der Waals surface area contributed by atoms with Crippen LogP contribution in [0.25, 0.3) is 0 Å². The monoisotopic (exact) mass is 265 g/mol. The molecule has 0 aliphatic carbocycles. The number of terminal acetylenes is 1. The topological polar surface area (TPSA) is 37.4 Å². The van der Waals surface area contributed by atoms with Gasteiger partial charge in [0, 0.05) is 6.54 Å². The fourth-order valence-electron chi connectivity index (χ4n) is 1.69. The van der Waals surface area contributed by atoms with E-state index >= 15 is 0 Å². The molecule has 3 nitrogen and oxygen atoms in total. The zero-order valence-electron chi connectivity index (χ0n) is 10.7. The minimum atomic E-state index is -3.25. The van der Waals surface area contributed by atoms with E-state index in [1.807, 2.05) is 37.3 Å². The summed E-state index contributed by atoms with van der Waals surface area (Å²) in [4.78, 5) is 0. The SMILES string of the molecule is C#CCN(CCC)S(=O)(=O)CCc1ccccc1. The fraction of sp³-hybridized carbons (Fsp3) is 0.429. The molecule has 0 saturated heterocycles. The summed E-state index contributed by atoms with van der Waals surface area (Å²) < 4.78 is 25.6. The Morgan fingerprint density at radius 2 is 1.94 bits per heavy atom. The number of nitrogens with zero attached hydrogens (tertiary/aromatic N) is 1. The Kier molecular flexibility index (Phi) is 5.90. The summed E-state index contributed by atoms with van der Waals surface area (Å²) in [5.74, 6) is 2.51. The third kappa shape index (κ3) is 4.52. The number of aryl methyl sites for hydroxylation is 1. The van der Waals surface area contributed by atoms with Crippen LogP contribution >= 0.6 is 0 Å². The van der Waals surface area contributed by atoms with E-state index in [1.54, 1.807) is 0 Å². The summed E-state index contributed by atoms with van der Waals surface area (Å²) in [7, 11) is -3.25. The summed E-state index contributed by atoms with van der Waals surface area (Å²) in [5.41, 5.74) is 1.03. The molecule has 0 spiro atoms. The van der Waals surface area contributed by atoms with Gasteiger partial charge in [-0.15, -0.1) is 6.42 Å². The van der Waals surface area contributed by atoms with Crippen LogP contribution in [0.15, 0.2) is 30.3 Å². The third-order valence-electron chi connectivity index (χ3n) is 2.63. The predicted octanol–water partition coefficient (Wildman–Crippen LogP) is 1.90. The van der Waals surface area contributed by atoms with Crippen LogP contribution in [0.5, 0.6) is 0 Å². The molecule has 1 rings (SSSR count). The molecule has 0 aliphatic rings. The molecule has 0 aliphatic heterocycles. The molecule has 4 heteroatoms. The maximum atomic E-state index is 12.1. The molecule has 98 valence electrons. The normalized spacial score (nSPS) is 11.4. The molecule has 18 heavy (non-hydrogen) atoms. The Morgan fingerprint density at radius 3 is 2.50 bits per heavy atom. The van der Waals surface area contributed by atoms with Gasteiger partial charge in [0.15, 0.2) is 0 Å². The second-order valence-electron chi connectivity index (χ2n) is 4.09. The van der Waals surface area contributed by atoms with Gasteiger partial charge in [0.25, 0.3) is 0 Å². The zero-order chi connectivity index (χ0) is 13.4. The highest BCUT2D eigenvalue weighted by Crippen LogP contribution is 2.07. The first-order valence-electron chi connectivity index (χ1n) is 6.05. The molecule has 0 unspecified atom stereocenters. The lowest BCUT2D eigenvalue weighted by Gasteiger charge is -2.18. The van der Waals surface area contributed by atoms with Gasteiger partial charge in [0.2, 0.25) is 10.0 Å². The highest BCUT2D eigenvalue weighted by molar-refractivity contribution is 7.89. The average Bonchev–Trinajstić information content (AvgIpc) is 2.37. The Bertz CT molecular complexity index is 488. The fourth-order valence-corrected chi connectivity index (χ4v) is 3.17. The standard InChI is InChI=1S/C14H19NO2S/c1-3-11-15(12-4-2)18(16,17)13-10-14-8-6-5-7-9-14/h1,5-9H,4,10-13H2,2H3. The summed E-state index contributed by atoms with van der Waals surface area (Å²) in [5, 5.41) is 0. The Balaban J connectivity index is 2.66. The first kappa shape index (κ1) is 14.7. The minimum Gasteiger partial charge on any atom is -0.212 e. The lowest BCUT2D eigenvalue weighted by atomic mass is 10.2. The Morgan fingerprint density at radius 1 is 1.28 bits per heavy atom. The summed E-state index contributed by atoms with van der Waals surface area (Å²) in [6, 6.07) is 9.60. The largest absolute Gasteiger partial charge is 0.215 e. The maximum Gasteiger partial charge on any atom is 0.215 e. The number of hydrogen-bond acceptors (Lipinski definition) is 2. The molecule has 0 aromatic heterocycles. The minimum absolute atomic E-state index is 0.110. The second-order valence-corrected chi connectivity index (χ2v) is 6.18. The predicted molar refractivity (Wildman–Crippen MR) is 74.6 cm³/mol. The Hall–Kier alpha value is -1.31. The van der Waals surface area contributed by atoms with Crippen molar-refractivity contribution in [1.82, 2.24) is 4.31 Å². The van der Waals surface area contributed by atoms with E-state index in [-0.39, 0.29) is 12.3 Å². The van der Waals surface area contributed by atoms with Crippen molar-refractivity contribution in [2.24, 2.45) is 0 Å².